The standard InChI is InChI=1S/C35H25F11N3O6P3/c1-2-50-56(51-31-16-6-11-26(36)21-31)47-57(52-28-13-3-8-23(18-28)33(38,39)40,53-29-14-4-9-24(19-29)34(41,42)43)49-58(48-56,55-32-17-7-12-27(37)22-32)54-30-15-5-10-25(20-30)35(44,45)46/h3-22H,2H2,1H3. The molecular weight excluding hydrogens is 860 g/mol. The Morgan fingerprint density at radius 3 is 1.00 bits per heavy atom. The summed E-state index contributed by atoms with van der Waals surface area (Å²) in [5, 5.41) is 0. The molecule has 5 aromatic carbocycles. The first-order chi connectivity index (χ1) is 27.2. The van der Waals surface area contributed by atoms with Crippen molar-refractivity contribution in [1.29, 1.82) is 0 Å². The lowest BCUT2D eigenvalue weighted by Crippen LogP contribution is -2.11. The van der Waals surface area contributed by atoms with E-state index in [-0.39, 0.29) is 5.75 Å². The van der Waals surface area contributed by atoms with Gasteiger partial charge in [0.05, 0.1) is 23.3 Å². The molecule has 9 nitrogen and oxygen atoms in total. The van der Waals surface area contributed by atoms with Crippen molar-refractivity contribution in [2.75, 3.05) is 6.61 Å². The minimum atomic E-state index is -5.12. The number of hydrogen-bond acceptors (Lipinski definition) is 9. The summed E-state index contributed by atoms with van der Waals surface area (Å²) in [6.45, 7) is 0.989. The highest BCUT2D eigenvalue weighted by atomic mass is 31.3. The minimum absolute atomic E-state index is 0.365. The Kier molecular flexibility index (Phi) is 12.0. The third-order valence-electron chi connectivity index (χ3n) is 7.17. The molecular formula is C35H25F11N3O6P3. The molecule has 1 aliphatic heterocycles. The minimum Gasteiger partial charge on any atom is -0.422 e. The van der Waals surface area contributed by atoms with E-state index in [1.165, 1.54) is 19.1 Å². The molecule has 0 aromatic heterocycles. The van der Waals surface area contributed by atoms with Gasteiger partial charge in [-0.1, -0.05) is 34.8 Å². The van der Waals surface area contributed by atoms with E-state index in [1.807, 2.05) is 0 Å². The summed E-state index contributed by atoms with van der Waals surface area (Å²) in [6, 6.07) is 17.5. The third-order valence-corrected chi connectivity index (χ3v) is 15.4. The van der Waals surface area contributed by atoms with Crippen LogP contribution in [0, 0.1) is 11.6 Å². The van der Waals surface area contributed by atoms with Crippen LogP contribution in [0.4, 0.5) is 48.3 Å². The van der Waals surface area contributed by atoms with Crippen LogP contribution >= 0.6 is 23.0 Å². The van der Waals surface area contributed by atoms with E-state index in [1.54, 1.807) is 0 Å². The molecule has 0 amide bonds. The van der Waals surface area contributed by atoms with Crippen LogP contribution in [0.25, 0.3) is 0 Å². The Morgan fingerprint density at radius 2 is 0.690 bits per heavy atom. The molecule has 2 atom stereocenters. The van der Waals surface area contributed by atoms with E-state index < -0.39 is 99.4 Å². The highest BCUT2D eigenvalue weighted by Crippen LogP contribution is 2.79. The fourth-order valence-corrected chi connectivity index (χ4v) is 14.0. The largest absolute Gasteiger partial charge is 0.460 e. The molecule has 0 bridgehead atoms. The average molecular weight is 886 g/mol. The van der Waals surface area contributed by atoms with Gasteiger partial charge < -0.3 is 22.6 Å². The first kappa shape index (κ1) is 42.6. The molecule has 0 saturated carbocycles. The van der Waals surface area contributed by atoms with Gasteiger partial charge in [-0.05, 0) is 85.8 Å². The van der Waals surface area contributed by atoms with Crippen molar-refractivity contribution in [1.82, 2.24) is 0 Å². The zero-order valence-electron chi connectivity index (χ0n) is 29.0. The van der Waals surface area contributed by atoms with E-state index in [2.05, 4.69) is 13.5 Å². The van der Waals surface area contributed by atoms with E-state index >= 15 is 0 Å². The quantitative estimate of drug-likeness (QED) is 0.0915. The molecule has 58 heavy (non-hydrogen) atoms. The van der Waals surface area contributed by atoms with Gasteiger partial charge in [0.15, 0.2) is 0 Å². The van der Waals surface area contributed by atoms with Gasteiger partial charge in [-0.25, -0.2) is 8.78 Å². The van der Waals surface area contributed by atoms with Crippen LogP contribution < -0.4 is 22.6 Å². The molecule has 0 N–H and O–H groups in total. The number of rotatable bonds is 12. The number of halogens is 11. The molecule has 0 spiro atoms. The SMILES string of the molecule is CCOP1(Oc2cccc(F)c2)=NP(Oc2cccc(C(F)(F)F)c2)(Oc2cccc(C(F)(F)F)c2)=NP(Oc2cccc(F)c2)(Oc2cccc(C(F)(F)F)c2)=N1. The Labute approximate surface area is 322 Å². The van der Waals surface area contributed by atoms with Crippen LogP contribution in [-0.4, -0.2) is 6.61 Å². The van der Waals surface area contributed by atoms with Crippen molar-refractivity contribution >= 4 is 23.0 Å². The number of alkyl halides is 9. The lowest BCUT2D eigenvalue weighted by atomic mass is 10.2. The van der Waals surface area contributed by atoms with Crippen LogP contribution in [-0.2, 0) is 23.1 Å². The summed E-state index contributed by atoms with van der Waals surface area (Å²) in [5.41, 5.74) is -3.80. The second kappa shape index (κ2) is 16.3. The van der Waals surface area contributed by atoms with Crippen molar-refractivity contribution in [3.8, 4) is 28.7 Å². The topological polar surface area (TPSA) is 92.5 Å². The summed E-state index contributed by atoms with van der Waals surface area (Å²) in [7, 11) is -14.9. The Bertz CT molecular complexity index is 2420. The van der Waals surface area contributed by atoms with Crippen LogP contribution in [0.2, 0.25) is 0 Å². The molecule has 2 unspecified atom stereocenters. The van der Waals surface area contributed by atoms with Gasteiger partial charge in [0.2, 0.25) is 0 Å². The molecule has 1 aliphatic rings. The van der Waals surface area contributed by atoms with Gasteiger partial charge in [-0.3, -0.25) is 4.52 Å². The molecule has 0 radical (unpaired) electrons. The normalized spacial score (nSPS) is 19.2. The first-order valence-corrected chi connectivity index (χ1v) is 20.8. The molecule has 1 heterocycles. The van der Waals surface area contributed by atoms with Crippen molar-refractivity contribution < 1.29 is 75.4 Å². The van der Waals surface area contributed by atoms with Gasteiger partial charge in [0, 0.05) is 12.1 Å². The van der Waals surface area contributed by atoms with Crippen molar-refractivity contribution in [2.45, 2.75) is 25.5 Å². The lowest BCUT2D eigenvalue weighted by molar-refractivity contribution is -0.138. The third kappa shape index (κ3) is 10.5. The summed E-state index contributed by atoms with van der Waals surface area (Å²) in [4.78, 5) is 0. The summed E-state index contributed by atoms with van der Waals surface area (Å²) in [6.07, 6.45) is -14.9. The Hall–Kier alpha value is -5.02. The van der Waals surface area contributed by atoms with E-state index in [9.17, 15) is 48.3 Å². The van der Waals surface area contributed by atoms with Crippen molar-refractivity contribution in [3.05, 3.63) is 150 Å². The fourth-order valence-electron chi connectivity index (χ4n) is 4.87. The highest BCUT2D eigenvalue weighted by molar-refractivity contribution is 7.79. The highest BCUT2D eigenvalue weighted by Gasteiger charge is 2.48. The molecule has 23 heteroatoms. The number of benzene rings is 5. The predicted octanol–water partition coefficient (Wildman–Crippen LogP) is 14.6. The van der Waals surface area contributed by atoms with Crippen LogP contribution in [0.3, 0.4) is 0 Å². The van der Waals surface area contributed by atoms with Gasteiger partial charge in [-0.15, -0.1) is 9.03 Å². The van der Waals surface area contributed by atoms with Crippen LogP contribution in [0.1, 0.15) is 23.6 Å². The van der Waals surface area contributed by atoms with Crippen LogP contribution in [0.15, 0.2) is 135 Å². The van der Waals surface area contributed by atoms with Gasteiger partial charge in [-0.2, -0.15) is 39.5 Å². The Morgan fingerprint density at radius 1 is 0.414 bits per heavy atom. The van der Waals surface area contributed by atoms with Crippen LogP contribution in [0.5, 0.6) is 28.7 Å². The smallest absolute Gasteiger partial charge is 0.422 e. The average Bonchev–Trinajstić information content (AvgIpc) is 3.10. The van der Waals surface area contributed by atoms with E-state index in [0.717, 1.165) is 72.8 Å². The molecule has 0 fully saturated rings. The number of nitrogens with zero attached hydrogens (tertiary/aromatic N) is 3. The maximum Gasteiger partial charge on any atom is 0.460 e. The Balaban J connectivity index is 1.73. The summed E-state index contributed by atoms with van der Waals surface area (Å²) in [5.74, 6) is -4.67. The summed E-state index contributed by atoms with van der Waals surface area (Å²) >= 11 is 0. The van der Waals surface area contributed by atoms with E-state index in [4.69, 9.17) is 27.1 Å². The maximum atomic E-state index is 14.6. The fraction of sp³-hybridized carbons (Fsp3) is 0.143. The van der Waals surface area contributed by atoms with Crippen molar-refractivity contribution in [2.24, 2.45) is 13.5 Å². The van der Waals surface area contributed by atoms with Gasteiger partial charge in [0.25, 0.3) is 0 Å². The molecule has 5 aromatic rings. The molecule has 0 saturated heterocycles. The predicted molar refractivity (Wildman–Crippen MR) is 190 cm³/mol. The molecule has 308 valence electrons. The van der Waals surface area contributed by atoms with Gasteiger partial charge >= 0.3 is 41.5 Å². The second-order valence-electron chi connectivity index (χ2n) is 11.6. The summed E-state index contributed by atoms with van der Waals surface area (Å²) < 4.78 is 204. The number of hydrogen-bond donors (Lipinski definition) is 0. The maximum absolute atomic E-state index is 14.6. The van der Waals surface area contributed by atoms with Gasteiger partial charge in [0.1, 0.15) is 40.4 Å². The molecule has 0 aliphatic carbocycles. The molecule has 6 rings (SSSR count). The zero-order valence-corrected chi connectivity index (χ0v) is 31.7. The van der Waals surface area contributed by atoms with E-state index in [0.29, 0.717) is 36.4 Å². The zero-order chi connectivity index (χ0) is 42.0. The van der Waals surface area contributed by atoms with Crippen molar-refractivity contribution in [3.63, 3.8) is 0 Å². The first-order valence-electron chi connectivity index (χ1n) is 16.2. The lowest BCUT2D eigenvalue weighted by Gasteiger charge is -2.33. The second-order valence-corrected chi connectivity index (χ2v) is 17.9. The monoisotopic (exact) mass is 885 g/mol.